The van der Waals surface area contributed by atoms with Crippen LogP contribution in [0.25, 0.3) is 0 Å². The average Bonchev–Trinajstić information content (AvgIpc) is 2.47. The third-order valence-electron chi connectivity index (χ3n) is 1.61. The van der Waals surface area contributed by atoms with E-state index in [0.717, 1.165) is 9.90 Å². The number of nitrogens with one attached hydrogen (secondary N) is 1. The number of rotatable bonds is 3. The highest BCUT2D eigenvalue weighted by molar-refractivity contribution is 7.10. The highest BCUT2D eigenvalue weighted by Gasteiger charge is 2.11. The molecule has 1 atom stereocenters. The van der Waals surface area contributed by atoms with Gasteiger partial charge in [-0.2, -0.15) is 0 Å². The first-order valence-electron chi connectivity index (χ1n) is 3.99. The van der Waals surface area contributed by atoms with E-state index in [1.54, 1.807) is 11.3 Å². The van der Waals surface area contributed by atoms with Crippen molar-refractivity contribution in [2.45, 2.75) is 19.9 Å². The molecule has 0 fully saturated rings. The molecule has 1 heterocycles. The third kappa shape index (κ3) is 2.81. The van der Waals surface area contributed by atoms with Crippen molar-refractivity contribution < 1.29 is 0 Å². The Labute approximate surface area is 87.4 Å². The quantitative estimate of drug-likeness (QED) is 0.463. The number of hydrazine groups is 1. The highest BCUT2D eigenvalue weighted by atomic mass is 35.5. The van der Waals surface area contributed by atoms with E-state index >= 15 is 0 Å². The molecule has 0 saturated carbocycles. The van der Waals surface area contributed by atoms with E-state index in [4.69, 9.17) is 17.4 Å². The maximum absolute atomic E-state index is 5.98. The summed E-state index contributed by atoms with van der Waals surface area (Å²) in [5.74, 6) is 5.43. The van der Waals surface area contributed by atoms with Gasteiger partial charge in [-0.15, -0.1) is 11.3 Å². The first-order chi connectivity index (χ1) is 6.15. The molecule has 0 aromatic carbocycles. The number of thiophene rings is 1. The van der Waals surface area contributed by atoms with Crippen LogP contribution in [0.5, 0.6) is 0 Å². The summed E-state index contributed by atoms with van der Waals surface area (Å²) < 4.78 is 0. The van der Waals surface area contributed by atoms with Gasteiger partial charge in [0, 0.05) is 4.88 Å². The molecule has 0 aliphatic heterocycles. The monoisotopic (exact) mass is 216 g/mol. The largest absolute Gasteiger partial charge is 0.271 e. The Balaban J connectivity index is 2.91. The fraction of sp³-hybridized carbons (Fsp3) is 0.333. The Bertz CT molecular complexity index is 302. The minimum absolute atomic E-state index is 0.0255. The molecule has 2 nitrogen and oxygen atoms in total. The van der Waals surface area contributed by atoms with Crippen LogP contribution in [-0.2, 0) is 0 Å². The van der Waals surface area contributed by atoms with Crippen LogP contribution in [0.15, 0.2) is 23.1 Å². The number of nitrogens with two attached hydrogens (primary N) is 1. The first-order valence-corrected chi connectivity index (χ1v) is 5.25. The Morgan fingerprint density at radius 2 is 2.38 bits per heavy atom. The fourth-order valence-corrected chi connectivity index (χ4v) is 2.26. The van der Waals surface area contributed by atoms with Gasteiger partial charge in [-0.05, 0) is 25.3 Å². The van der Waals surface area contributed by atoms with Crippen molar-refractivity contribution in [2.24, 2.45) is 5.84 Å². The number of hydrogen-bond acceptors (Lipinski definition) is 3. The van der Waals surface area contributed by atoms with Gasteiger partial charge in [0.15, 0.2) is 0 Å². The van der Waals surface area contributed by atoms with Gasteiger partial charge in [-0.1, -0.05) is 23.3 Å². The first kappa shape index (κ1) is 10.7. The van der Waals surface area contributed by atoms with Gasteiger partial charge in [0.1, 0.15) is 0 Å². The summed E-state index contributed by atoms with van der Waals surface area (Å²) in [5, 5.41) is 2.73. The van der Waals surface area contributed by atoms with Crippen molar-refractivity contribution in [1.82, 2.24) is 5.43 Å². The molecule has 13 heavy (non-hydrogen) atoms. The topological polar surface area (TPSA) is 38.0 Å². The van der Waals surface area contributed by atoms with E-state index in [1.807, 2.05) is 25.3 Å². The Hall–Kier alpha value is -0.350. The van der Waals surface area contributed by atoms with Crippen LogP contribution >= 0.6 is 22.9 Å². The Morgan fingerprint density at radius 1 is 1.69 bits per heavy atom. The molecule has 1 rings (SSSR count). The Kier molecular flexibility index (Phi) is 3.93. The molecule has 0 saturated heterocycles. The lowest BCUT2D eigenvalue weighted by atomic mass is 10.2. The molecule has 4 heteroatoms. The zero-order valence-corrected chi connectivity index (χ0v) is 9.25. The van der Waals surface area contributed by atoms with E-state index in [9.17, 15) is 0 Å². The van der Waals surface area contributed by atoms with Crippen molar-refractivity contribution >= 4 is 22.9 Å². The van der Waals surface area contributed by atoms with Crippen LogP contribution in [0.1, 0.15) is 24.8 Å². The van der Waals surface area contributed by atoms with Crippen molar-refractivity contribution in [1.29, 1.82) is 0 Å². The standard InChI is InChI=1S/C9H13ClN2S/c1-6(2)5-8(12-11)9-7(10)3-4-13-9/h3-5,8,12H,11H2,1-2H3. The van der Waals surface area contributed by atoms with Crippen molar-refractivity contribution in [3.05, 3.63) is 33.0 Å². The van der Waals surface area contributed by atoms with Crippen molar-refractivity contribution in [3.8, 4) is 0 Å². The second-order valence-corrected chi connectivity index (χ2v) is 4.38. The molecular formula is C9H13ClN2S. The summed E-state index contributed by atoms with van der Waals surface area (Å²) in [7, 11) is 0. The van der Waals surface area contributed by atoms with Crippen molar-refractivity contribution in [2.75, 3.05) is 0 Å². The molecule has 0 aliphatic carbocycles. The predicted molar refractivity (Wildman–Crippen MR) is 58.8 cm³/mol. The summed E-state index contributed by atoms with van der Waals surface area (Å²) in [6, 6.07) is 1.91. The lowest BCUT2D eigenvalue weighted by Crippen LogP contribution is -2.26. The average molecular weight is 217 g/mol. The maximum atomic E-state index is 5.98. The van der Waals surface area contributed by atoms with Gasteiger partial charge >= 0.3 is 0 Å². The second kappa shape index (κ2) is 4.77. The summed E-state index contributed by atoms with van der Waals surface area (Å²) >= 11 is 7.59. The predicted octanol–water partition coefficient (Wildman–Crippen LogP) is 2.87. The second-order valence-electron chi connectivity index (χ2n) is 3.02. The summed E-state index contributed by atoms with van der Waals surface area (Å²) in [6.07, 6.45) is 2.05. The lowest BCUT2D eigenvalue weighted by molar-refractivity contribution is 0.662. The molecular weight excluding hydrogens is 204 g/mol. The molecule has 0 aliphatic rings. The molecule has 72 valence electrons. The van der Waals surface area contributed by atoms with Crippen LogP contribution in [0.2, 0.25) is 5.02 Å². The minimum Gasteiger partial charge on any atom is -0.271 e. The van der Waals surface area contributed by atoms with Gasteiger partial charge in [-0.3, -0.25) is 5.84 Å². The number of hydrogen-bond donors (Lipinski definition) is 2. The molecule has 0 spiro atoms. The molecule has 1 aromatic rings. The molecule has 0 bridgehead atoms. The number of allylic oxidation sites excluding steroid dienone is 1. The fourth-order valence-electron chi connectivity index (χ4n) is 1.06. The zero-order valence-electron chi connectivity index (χ0n) is 7.67. The molecule has 3 N–H and O–H groups in total. The minimum atomic E-state index is 0.0255. The van der Waals surface area contributed by atoms with E-state index in [0.29, 0.717) is 0 Å². The highest BCUT2D eigenvalue weighted by Crippen LogP contribution is 2.29. The zero-order chi connectivity index (χ0) is 9.84. The van der Waals surface area contributed by atoms with Crippen LogP contribution in [0.3, 0.4) is 0 Å². The van der Waals surface area contributed by atoms with Gasteiger partial charge in [0.25, 0.3) is 0 Å². The smallest absolute Gasteiger partial charge is 0.0750 e. The van der Waals surface area contributed by atoms with E-state index in [2.05, 4.69) is 11.5 Å². The van der Waals surface area contributed by atoms with Crippen LogP contribution in [0, 0.1) is 0 Å². The molecule has 1 unspecified atom stereocenters. The normalized spacial score (nSPS) is 12.6. The van der Waals surface area contributed by atoms with Crippen LogP contribution in [0.4, 0.5) is 0 Å². The maximum Gasteiger partial charge on any atom is 0.0750 e. The van der Waals surface area contributed by atoms with E-state index in [1.165, 1.54) is 5.57 Å². The summed E-state index contributed by atoms with van der Waals surface area (Å²) in [6.45, 7) is 4.07. The van der Waals surface area contributed by atoms with Gasteiger partial charge in [0.05, 0.1) is 11.1 Å². The number of halogens is 1. The molecule has 1 aromatic heterocycles. The van der Waals surface area contributed by atoms with Gasteiger partial charge in [0.2, 0.25) is 0 Å². The van der Waals surface area contributed by atoms with Gasteiger partial charge in [-0.25, -0.2) is 5.43 Å². The van der Waals surface area contributed by atoms with Crippen LogP contribution in [-0.4, -0.2) is 0 Å². The van der Waals surface area contributed by atoms with Crippen LogP contribution < -0.4 is 11.3 Å². The molecule has 0 amide bonds. The van der Waals surface area contributed by atoms with E-state index < -0.39 is 0 Å². The van der Waals surface area contributed by atoms with Crippen molar-refractivity contribution in [3.63, 3.8) is 0 Å². The third-order valence-corrected chi connectivity index (χ3v) is 3.05. The lowest BCUT2D eigenvalue weighted by Gasteiger charge is -2.10. The SMILES string of the molecule is CC(C)=CC(NN)c1sccc1Cl. The summed E-state index contributed by atoms with van der Waals surface area (Å²) in [5.41, 5.74) is 3.94. The molecule has 0 radical (unpaired) electrons. The van der Waals surface area contributed by atoms with Gasteiger partial charge < -0.3 is 0 Å². The van der Waals surface area contributed by atoms with E-state index in [-0.39, 0.29) is 6.04 Å². The Morgan fingerprint density at radius 3 is 2.77 bits per heavy atom. The summed E-state index contributed by atoms with van der Waals surface area (Å²) in [4.78, 5) is 1.06.